The van der Waals surface area contributed by atoms with Crippen LogP contribution < -0.4 is 11.4 Å². The molecule has 2 heterocycles. The maximum atomic E-state index is 10.7. The lowest BCUT2D eigenvalue weighted by Gasteiger charge is -1.97. The fourth-order valence-corrected chi connectivity index (χ4v) is 0.998. The van der Waals surface area contributed by atoms with Crippen molar-refractivity contribution >= 4 is 5.69 Å². The van der Waals surface area contributed by atoms with Crippen LogP contribution in [0.4, 0.5) is 5.69 Å². The van der Waals surface area contributed by atoms with Gasteiger partial charge in [-0.15, -0.1) is 0 Å². The van der Waals surface area contributed by atoms with Crippen molar-refractivity contribution < 1.29 is 0 Å². The molecular weight excluding hydrogens is 170 g/mol. The highest BCUT2D eigenvalue weighted by Crippen LogP contribution is 2.16. The zero-order chi connectivity index (χ0) is 9.26. The van der Waals surface area contributed by atoms with E-state index in [1.807, 2.05) is 0 Å². The summed E-state index contributed by atoms with van der Waals surface area (Å²) >= 11 is 0. The van der Waals surface area contributed by atoms with Gasteiger partial charge in [0.25, 0.3) is 0 Å². The van der Waals surface area contributed by atoms with Gasteiger partial charge in [-0.25, -0.2) is 9.89 Å². The molecule has 6 nitrogen and oxygen atoms in total. The number of nitrogens with one attached hydrogen (secondary N) is 2. The number of hydrogen-bond donors (Lipinski definition) is 3. The first kappa shape index (κ1) is 7.53. The summed E-state index contributed by atoms with van der Waals surface area (Å²) in [7, 11) is 0. The number of nitrogens with zero attached hydrogens (tertiary/aromatic N) is 2. The van der Waals surface area contributed by atoms with Crippen molar-refractivity contribution in [2.45, 2.75) is 0 Å². The highest BCUT2D eigenvalue weighted by molar-refractivity contribution is 5.65. The molecule has 6 heteroatoms. The Morgan fingerprint density at radius 2 is 2.31 bits per heavy atom. The number of aromatic amines is 2. The first-order valence-corrected chi connectivity index (χ1v) is 3.63. The zero-order valence-corrected chi connectivity index (χ0v) is 6.61. The molecule has 0 amide bonds. The number of aromatic nitrogens is 4. The Balaban J connectivity index is 2.58. The maximum Gasteiger partial charge on any atom is 0.340 e. The molecular formula is C7H7N5O. The molecule has 0 saturated heterocycles. The van der Waals surface area contributed by atoms with Gasteiger partial charge in [-0.1, -0.05) is 0 Å². The predicted molar refractivity (Wildman–Crippen MR) is 46.9 cm³/mol. The van der Waals surface area contributed by atoms with Crippen LogP contribution in [0.5, 0.6) is 0 Å². The lowest BCUT2D eigenvalue weighted by atomic mass is 10.3. The molecule has 0 aliphatic heterocycles. The summed E-state index contributed by atoms with van der Waals surface area (Å²) in [5, 5.41) is 5.95. The van der Waals surface area contributed by atoms with Crippen molar-refractivity contribution in [1.29, 1.82) is 0 Å². The van der Waals surface area contributed by atoms with E-state index in [9.17, 15) is 4.79 Å². The van der Waals surface area contributed by atoms with E-state index in [2.05, 4.69) is 20.2 Å². The van der Waals surface area contributed by atoms with E-state index in [4.69, 9.17) is 5.73 Å². The van der Waals surface area contributed by atoms with Crippen LogP contribution in [-0.2, 0) is 0 Å². The highest BCUT2D eigenvalue weighted by atomic mass is 16.1. The molecule has 0 radical (unpaired) electrons. The molecule has 0 aliphatic carbocycles. The predicted octanol–water partition coefficient (Wildman–Crippen LogP) is -0.258. The summed E-state index contributed by atoms with van der Waals surface area (Å²) in [4.78, 5) is 17.2. The Morgan fingerprint density at radius 1 is 1.46 bits per heavy atom. The minimum Gasteiger partial charge on any atom is -0.397 e. The van der Waals surface area contributed by atoms with Gasteiger partial charge >= 0.3 is 5.69 Å². The quantitative estimate of drug-likeness (QED) is 0.558. The van der Waals surface area contributed by atoms with Crippen molar-refractivity contribution in [3.05, 3.63) is 28.8 Å². The van der Waals surface area contributed by atoms with Crippen molar-refractivity contribution in [2.24, 2.45) is 0 Å². The lowest BCUT2D eigenvalue weighted by Crippen LogP contribution is -2.01. The van der Waals surface area contributed by atoms with Gasteiger partial charge in [-0.05, 0) is 12.1 Å². The second-order valence-electron chi connectivity index (χ2n) is 2.47. The molecule has 2 rings (SSSR count). The summed E-state index contributed by atoms with van der Waals surface area (Å²) in [6.07, 6.45) is 1.58. The highest BCUT2D eigenvalue weighted by Gasteiger charge is 2.06. The SMILES string of the molecule is Nc1cccnc1-c1n[nH]c(=O)[nH]1. The van der Waals surface area contributed by atoms with Crippen molar-refractivity contribution in [2.75, 3.05) is 5.73 Å². The Kier molecular flexibility index (Phi) is 1.59. The van der Waals surface area contributed by atoms with Gasteiger partial charge in [0.1, 0.15) is 5.69 Å². The lowest BCUT2D eigenvalue weighted by molar-refractivity contribution is 1.05. The number of anilines is 1. The summed E-state index contributed by atoms with van der Waals surface area (Å²) in [6.45, 7) is 0. The molecule has 0 fully saturated rings. The van der Waals surface area contributed by atoms with Crippen LogP contribution in [0.25, 0.3) is 11.5 Å². The van der Waals surface area contributed by atoms with Crippen molar-refractivity contribution in [1.82, 2.24) is 20.2 Å². The van der Waals surface area contributed by atoms with E-state index in [0.717, 1.165) is 0 Å². The molecule has 2 aromatic rings. The van der Waals surface area contributed by atoms with Crippen LogP contribution in [0, 0.1) is 0 Å². The average molecular weight is 177 g/mol. The minimum atomic E-state index is -0.375. The van der Waals surface area contributed by atoms with Gasteiger partial charge in [-0.2, -0.15) is 5.10 Å². The Morgan fingerprint density at radius 3 is 2.92 bits per heavy atom. The number of rotatable bonds is 1. The largest absolute Gasteiger partial charge is 0.397 e. The fraction of sp³-hybridized carbons (Fsp3) is 0. The minimum absolute atomic E-state index is 0.350. The van der Waals surface area contributed by atoms with E-state index in [1.165, 1.54) is 0 Å². The molecule has 0 aliphatic rings. The van der Waals surface area contributed by atoms with Gasteiger partial charge in [-0.3, -0.25) is 9.97 Å². The van der Waals surface area contributed by atoms with E-state index in [-0.39, 0.29) is 5.69 Å². The van der Waals surface area contributed by atoms with E-state index in [1.54, 1.807) is 18.3 Å². The summed E-state index contributed by atoms with van der Waals surface area (Å²) in [5.74, 6) is 0.350. The molecule has 0 spiro atoms. The zero-order valence-electron chi connectivity index (χ0n) is 6.61. The van der Waals surface area contributed by atoms with Crippen molar-refractivity contribution in [3.8, 4) is 11.5 Å². The summed E-state index contributed by atoms with van der Waals surface area (Å²) in [6, 6.07) is 3.40. The fourth-order valence-electron chi connectivity index (χ4n) is 0.998. The van der Waals surface area contributed by atoms with Crippen LogP contribution in [0.1, 0.15) is 0 Å². The smallest absolute Gasteiger partial charge is 0.340 e. The van der Waals surface area contributed by atoms with Crippen molar-refractivity contribution in [3.63, 3.8) is 0 Å². The molecule has 0 saturated carbocycles. The number of nitrogen functional groups attached to an aromatic ring is 1. The normalized spacial score (nSPS) is 10.2. The molecule has 66 valence electrons. The number of H-pyrrole nitrogens is 2. The number of nitrogens with two attached hydrogens (primary N) is 1. The number of hydrogen-bond acceptors (Lipinski definition) is 4. The van der Waals surface area contributed by atoms with Gasteiger partial charge < -0.3 is 5.73 Å². The van der Waals surface area contributed by atoms with Gasteiger partial charge in [0.15, 0.2) is 5.82 Å². The molecule has 0 bridgehead atoms. The maximum absolute atomic E-state index is 10.7. The molecule has 0 aromatic carbocycles. The Hall–Kier alpha value is -2.11. The summed E-state index contributed by atoms with van der Waals surface area (Å²) < 4.78 is 0. The first-order valence-electron chi connectivity index (χ1n) is 3.63. The Labute approximate surface area is 72.8 Å². The number of pyridine rings is 1. The van der Waals surface area contributed by atoms with Crippen LogP contribution in [0.2, 0.25) is 0 Å². The van der Waals surface area contributed by atoms with Gasteiger partial charge in [0, 0.05) is 6.20 Å². The van der Waals surface area contributed by atoms with Gasteiger partial charge in [0.2, 0.25) is 0 Å². The first-order chi connectivity index (χ1) is 6.27. The molecule has 0 atom stereocenters. The second kappa shape index (κ2) is 2.74. The topological polar surface area (TPSA) is 100 Å². The van der Waals surface area contributed by atoms with E-state index in [0.29, 0.717) is 17.2 Å². The molecule has 4 N–H and O–H groups in total. The van der Waals surface area contributed by atoms with Gasteiger partial charge in [0.05, 0.1) is 5.69 Å². The average Bonchev–Trinajstić information content (AvgIpc) is 2.53. The van der Waals surface area contributed by atoms with E-state index >= 15 is 0 Å². The van der Waals surface area contributed by atoms with Crippen LogP contribution in [0.15, 0.2) is 23.1 Å². The van der Waals surface area contributed by atoms with Crippen LogP contribution >= 0.6 is 0 Å². The third kappa shape index (κ3) is 1.28. The van der Waals surface area contributed by atoms with E-state index < -0.39 is 0 Å². The third-order valence-corrected chi connectivity index (χ3v) is 1.56. The van der Waals surface area contributed by atoms with Crippen LogP contribution in [0.3, 0.4) is 0 Å². The van der Waals surface area contributed by atoms with Crippen LogP contribution in [-0.4, -0.2) is 20.2 Å². The second-order valence-corrected chi connectivity index (χ2v) is 2.47. The standard InChI is InChI=1S/C7H7N5O/c8-4-2-1-3-9-5(4)6-10-7(13)12-11-6/h1-3H,8H2,(H2,10,11,12,13). The molecule has 13 heavy (non-hydrogen) atoms. The summed E-state index contributed by atoms with van der Waals surface area (Å²) in [5.41, 5.74) is 6.20. The third-order valence-electron chi connectivity index (χ3n) is 1.56. The molecule has 0 unspecified atom stereocenters. The monoisotopic (exact) mass is 177 g/mol. The molecule has 2 aromatic heterocycles. The Bertz CT molecular complexity index is 471.